The number of hydrogen-bond acceptors (Lipinski definition) is 3. The molecule has 0 fully saturated rings. The number of anilines is 4. The van der Waals surface area contributed by atoms with E-state index in [1.165, 1.54) is 7.05 Å². The van der Waals surface area contributed by atoms with Gasteiger partial charge in [-0.05, 0) is 24.3 Å². The summed E-state index contributed by atoms with van der Waals surface area (Å²) < 4.78 is 13.3. The molecule has 0 amide bonds. The molecule has 88 valence electrons. The van der Waals surface area contributed by atoms with Crippen LogP contribution in [0.25, 0.3) is 0 Å². The molecule has 17 heavy (non-hydrogen) atoms. The highest BCUT2D eigenvalue weighted by Gasteiger charge is 2.07. The van der Waals surface area contributed by atoms with E-state index in [4.69, 9.17) is 5.73 Å². The summed E-state index contributed by atoms with van der Waals surface area (Å²) >= 11 is 0. The summed E-state index contributed by atoms with van der Waals surface area (Å²) in [6.45, 7) is 0. The lowest BCUT2D eigenvalue weighted by atomic mass is 10.2. The first-order valence-corrected chi connectivity index (χ1v) is 5.28. The van der Waals surface area contributed by atoms with Crippen molar-refractivity contribution in [2.75, 3.05) is 23.2 Å². The maximum Gasteiger partial charge on any atom is 0.0919 e. The van der Waals surface area contributed by atoms with Crippen molar-refractivity contribution in [2.45, 2.75) is 0 Å². The van der Waals surface area contributed by atoms with Crippen LogP contribution in [0.3, 0.4) is 0 Å². The fourth-order valence-electron chi connectivity index (χ4n) is 1.60. The predicted octanol–water partition coefficient (Wildman–Crippen LogP) is 3.33. The Morgan fingerprint density at radius 3 is 2.24 bits per heavy atom. The average Bonchev–Trinajstić information content (AvgIpc) is 2.32. The zero-order valence-corrected chi connectivity index (χ0v) is 9.52. The topological polar surface area (TPSA) is 41.3 Å². The van der Waals surface area contributed by atoms with Crippen molar-refractivity contribution in [3.05, 3.63) is 48.5 Å². The molecule has 0 aromatic heterocycles. The van der Waals surface area contributed by atoms with Gasteiger partial charge in [0, 0.05) is 7.05 Å². The SMILES string of the molecule is CN(F)c1ccccc1Nc1ccccc1N. The lowest BCUT2D eigenvalue weighted by Crippen LogP contribution is -2.06. The molecule has 2 aromatic rings. The molecule has 0 unspecified atom stereocenters. The molecular weight excluding hydrogens is 217 g/mol. The Hall–Kier alpha value is -2.23. The fraction of sp³-hybridized carbons (Fsp3) is 0.0769. The molecule has 0 radical (unpaired) electrons. The number of nitrogens with two attached hydrogens (primary N) is 1. The molecule has 0 heterocycles. The van der Waals surface area contributed by atoms with Gasteiger partial charge in [0.2, 0.25) is 0 Å². The Kier molecular flexibility index (Phi) is 3.14. The molecule has 4 heteroatoms. The summed E-state index contributed by atoms with van der Waals surface area (Å²) in [6, 6.07) is 14.5. The van der Waals surface area contributed by atoms with Crippen molar-refractivity contribution in [3.63, 3.8) is 0 Å². The number of halogens is 1. The highest BCUT2D eigenvalue weighted by Crippen LogP contribution is 2.30. The summed E-state index contributed by atoms with van der Waals surface area (Å²) in [5.74, 6) is 0. The molecule has 3 N–H and O–H groups in total. The van der Waals surface area contributed by atoms with Crippen LogP contribution in [0.1, 0.15) is 0 Å². The lowest BCUT2D eigenvalue weighted by molar-refractivity contribution is 0.476. The van der Waals surface area contributed by atoms with E-state index >= 15 is 0 Å². The van der Waals surface area contributed by atoms with Gasteiger partial charge >= 0.3 is 0 Å². The van der Waals surface area contributed by atoms with Crippen molar-refractivity contribution in [3.8, 4) is 0 Å². The Balaban J connectivity index is 2.34. The van der Waals surface area contributed by atoms with Crippen LogP contribution in [-0.2, 0) is 0 Å². The van der Waals surface area contributed by atoms with E-state index in [2.05, 4.69) is 5.32 Å². The Bertz CT molecular complexity index is 512. The second-order valence-electron chi connectivity index (χ2n) is 3.71. The van der Waals surface area contributed by atoms with Crippen molar-refractivity contribution in [1.82, 2.24) is 0 Å². The minimum atomic E-state index is 0.468. The van der Waals surface area contributed by atoms with Crippen LogP contribution in [0.5, 0.6) is 0 Å². The molecule has 2 rings (SSSR count). The molecule has 0 aliphatic carbocycles. The molecule has 2 aromatic carbocycles. The van der Waals surface area contributed by atoms with Gasteiger partial charge in [0.05, 0.1) is 22.7 Å². The van der Waals surface area contributed by atoms with Crippen LogP contribution in [-0.4, -0.2) is 7.05 Å². The molecule has 0 aliphatic heterocycles. The standard InChI is InChI=1S/C13H14FN3/c1-17(14)13-9-5-4-8-12(13)16-11-7-3-2-6-10(11)15/h2-9,16H,15H2,1H3. The van der Waals surface area contributed by atoms with Gasteiger partial charge in [0.25, 0.3) is 0 Å². The van der Waals surface area contributed by atoms with Gasteiger partial charge < -0.3 is 11.1 Å². The smallest absolute Gasteiger partial charge is 0.0919 e. The van der Waals surface area contributed by atoms with Crippen molar-refractivity contribution >= 4 is 22.7 Å². The third kappa shape index (κ3) is 2.47. The van der Waals surface area contributed by atoms with E-state index in [1.54, 1.807) is 24.3 Å². The fourth-order valence-corrected chi connectivity index (χ4v) is 1.60. The van der Waals surface area contributed by atoms with E-state index in [0.29, 0.717) is 22.2 Å². The number of rotatable bonds is 3. The van der Waals surface area contributed by atoms with Crippen molar-refractivity contribution in [1.29, 1.82) is 0 Å². The number of nitrogens with zero attached hydrogens (tertiary/aromatic N) is 1. The van der Waals surface area contributed by atoms with E-state index < -0.39 is 0 Å². The van der Waals surface area contributed by atoms with Gasteiger partial charge in [-0.1, -0.05) is 24.3 Å². The highest BCUT2D eigenvalue weighted by atomic mass is 19.2. The number of hydrogen-bond donors (Lipinski definition) is 2. The minimum Gasteiger partial charge on any atom is -0.397 e. The molecule has 0 atom stereocenters. The van der Waals surface area contributed by atoms with Crippen LogP contribution >= 0.6 is 0 Å². The number of benzene rings is 2. The molecule has 0 bridgehead atoms. The summed E-state index contributed by atoms with van der Waals surface area (Å²) in [6.07, 6.45) is 0. The van der Waals surface area contributed by atoms with E-state index in [-0.39, 0.29) is 0 Å². The molecular formula is C13H14FN3. The predicted molar refractivity (Wildman–Crippen MR) is 70.1 cm³/mol. The van der Waals surface area contributed by atoms with Crippen molar-refractivity contribution < 1.29 is 4.48 Å². The average molecular weight is 231 g/mol. The van der Waals surface area contributed by atoms with Crippen LogP contribution in [0.2, 0.25) is 0 Å². The second kappa shape index (κ2) is 4.74. The lowest BCUT2D eigenvalue weighted by Gasteiger charge is -2.15. The first-order valence-electron chi connectivity index (χ1n) is 5.28. The largest absolute Gasteiger partial charge is 0.397 e. The van der Waals surface area contributed by atoms with Gasteiger partial charge in [0.15, 0.2) is 0 Å². The van der Waals surface area contributed by atoms with Crippen LogP contribution in [0.4, 0.5) is 27.2 Å². The van der Waals surface area contributed by atoms with Gasteiger partial charge in [-0.25, -0.2) is 5.12 Å². The summed E-state index contributed by atoms with van der Waals surface area (Å²) in [4.78, 5) is 0. The maximum atomic E-state index is 13.3. The van der Waals surface area contributed by atoms with Crippen molar-refractivity contribution in [2.24, 2.45) is 0 Å². The number of nitrogen functional groups attached to an aromatic ring is 1. The van der Waals surface area contributed by atoms with Crippen LogP contribution in [0, 0.1) is 0 Å². The zero-order chi connectivity index (χ0) is 12.3. The van der Waals surface area contributed by atoms with E-state index in [1.807, 2.05) is 24.3 Å². The Labute approximate surface area is 99.6 Å². The van der Waals surface area contributed by atoms with E-state index in [9.17, 15) is 4.48 Å². The maximum absolute atomic E-state index is 13.3. The number of para-hydroxylation sites is 4. The third-order valence-corrected chi connectivity index (χ3v) is 2.47. The first-order chi connectivity index (χ1) is 8.18. The van der Waals surface area contributed by atoms with Gasteiger partial charge in [-0.15, -0.1) is 4.48 Å². The third-order valence-electron chi connectivity index (χ3n) is 2.47. The molecule has 0 spiro atoms. The normalized spacial score (nSPS) is 10.0. The highest BCUT2D eigenvalue weighted by molar-refractivity contribution is 5.79. The second-order valence-corrected chi connectivity index (χ2v) is 3.71. The molecule has 3 nitrogen and oxygen atoms in total. The van der Waals surface area contributed by atoms with Gasteiger partial charge in [-0.3, -0.25) is 0 Å². The molecule has 0 saturated heterocycles. The monoisotopic (exact) mass is 231 g/mol. The molecule has 0 saturated carbocycles. The Morgan fingerprint density at radius 2 is 1.59 bits per heavy atom. The van der Waals surface area contributed by atoms with Gasteiger partial charge in [-0.2, -0.15) is 0 Å². The number of nitrogens with one attached hydrogen (secondary N) is 1. The quantitative estimate of drug-likeness (QED) is 0.629. The Morgan fingerprint density at radius 1 is 1.00 bits per heavy atom. The minimum absolute atomic E-state index is 0.468. The van der Waals surface area contributed by atoms with Crippen LogP contribution in [0.15, 0.2) is 48.5 Å². The first kappa shape index (κ1) is 11.3. The molecule has 0 aliphatic rings. The summed E-state index contributed by atoms with van der Waals surface area (Å²) in [7, 11) is 1.36. The summed E-state index contributed by atoms with van der Waals surface area (Å²) in [5, 5.41) is 3.69. The summed E-state index contributed by atoms with van der Waals surface area (Å²) in [5.41, 5.74) is 8.36. The van der Waals surface area contributed by atoms with Crippen LogP contribution < -0.4 is 16.2 Å². The zero-order valence-electron chi connectivity index (χ0n) is 9.52. The van der Waals surface area contributed by atoms with E-state index in [0.717, 1.165) is 5.69 Å². The van der Waals surface area contributed by atoms with Gasteiger partial charge in [0.1, 0.15) is 0 Å².